The number of amides is 3. The van der Waals surface area contributed by atoms with Crippen LogP contribution < -0.4 is 15.1 Å². The van der Waals surface area contributed by atoms with Gasteiger partial charge in [-0.25, -0.2) is 4.39 Å². The average Bonchev–Trinajstić information content (AvgIpc) is 3.52. The molecule has 0 unspecified atom stereocenters. The second-order valence-corrected chi connectivity index (χ2v) is 8.90. The van der Waals surface area contributed by atoms with Gasteiger partial charge in [-0.05, 0) is 61.7 Å². The van der Waals surface area contributed by atoms with E-state index in [0.29, 0.717) is 41.9 Å². The van der Waals surface area contributed by atoms with Crippen LogP contribution >= 0.6 is 0 Å². The normalized spacial score (nSPS) is 15.9. The fraction of sp³-hybridized carbons (Fsp3) is 0.231. The molecule has 0 spiro atoms. The van der Waals surface area contributed by atoms with Gasteiger partial charge in [0.1, 0.15) is 17.1 Å². The number of benzene rings is 2. The van der Waals surface area contributed by atoms with Crippen LogP contribution in [0.2, 0.25) is 0 Å². The summed E-state index contributed by atoms with van der Waals surface area (Å²) in [6.07, 6.45) is 4.05. The molecule has 0 bridgehead atoms. The molecule has 182 valence electrons. The predicted molar refractivity (Wildman–Crippen MR) is 131 cm³/mol. The van der Waals surface area contributed by atoms with Gasteiger partial charge in [0.15, 0.2) is 5.69 Å². The summed E-state index contributed by atoms with van der Waals surface area (Å²) in [5.74, 6) is -1.53. The first kappa shape index (κ1) is 22.0. The number of furan rings is 1. The molecule has 2 aliphatic rings. The van der Waals surface area contributed by atoms with Gasteiger partial charge < -0.3 is 19.5 Å². The van der Waals surface area contributed by atoms with Crippen LogP contribution in [0.15, 0.2) is 53.1 Å². The number of nitrogens with zero attached hydrogens (tertiary/aromatic N) is 3. The van der Waals surface area contributed by atoms with Crippen molar-refractivity contribution >= 4 is 45.8 Å². The molecular weight excluding hydrogens is 465 g/mol. The minimum atomic E-state index is -0.588. The van der Waals surface area contributed by atoms with Gasteiger partial charge in [-0.1, -0.05) is 0 Å². The first-order valence-electron chi connectivity index (χ1n) is 11.8. The molecule has 0 saturated carbocycles. The second kappa shape index (κ2) is 8.63. The van der Waals surface area contributed by atoms with E-state index >= 15 is 4.39 Å². The number of nitrogens with one attached hydrogen (secondary N) is 2. The van der Waals surface area contributed by atoms with Crippen molar-refractivity contribution in [3.8, 4) is 0 Å². The van der Waals surface area contributed by atoms with E-state index in [0.717, 1.165) is 18.2 Å². The maximum Gasteiger partial charge on any atom is 0.276 e. The van der Waals surface area contributed by atoms with Gasteiger partial charge in [-0.2, -0.15) is 5.10 Å². The lowest BCUT2D eigenvalue weighted by molar-refractivity contribution is -0.119. The molecule has 3 amide bonds. The Morgan fingerprint density at radius 1 is 1.03 bits per heavy atom. The zero-order valence-corrected chi connectivity index (χ0v) is 19.2. The smallest absolute Gasteiger partial charge is 0.276 e. The van der Waals surface area contributed by atoms with E-state index in [4.69, 9.17) is 4.42 Å². The molecule has 2 aromatic heterocycles. The van der Waals surface area contributed by atoms with Crippen LogP contribution in [-0.4, -0.2) is 41.0 Å². The zero-order valence-electron chi connectivity index (χ0n) is 19.2. The number of hydrogen-bond donors (Lipinski definition) is 2. The molecular formula is C26H22FN5O4. The molecule has 0 atom stereocenters. The number of fused-ring (bicyclic) bond motifs is 2. The summed E-state index contributed by atoms with van der Waals surface area (Å²) in [5, 5.41) is 10.4. The number of H-pyrrole nitrogens is 1. The molecule has 9 nitrogen and oxygen atoms in total. The maximum atomic E-state index is 15.1. The Morgan fingerprint density at radius 3 is 2.75 bits per heavy atom. The van der Waals surface area contributed by atoms with Crippen molar-refractivity contribution in [2.24, 2.45) is 0 Å². The van der Waals surface area contributed by atoms with Crippen molar-refractivity contribution in [1.82, 2.24) is 10.2 Å². The lowest BCUT2D eigenvalue weighted by Crippen LogP contribution is -2.39. The first-order chi connectivity index (χ1) is 17.5. The van der Waals surface area contributed by atoms with Crippen molar-refractivity contribution < 1.29 is 23.2 Å². The fourth-order valence-corrected chi connectivity index (χ4v) is 4.86. The summed E-state index contributed by atoms with van der Waals surface area (Å²) in [5.41, 5.74) is 2.67. The van der Waals surface area contributed by atoms with E-state index < -0.39 is 17.6 Å². The van der Waals surface area contributed by atoms with Crippen LogP contribution in [0.25, 0.3) is 11.0 Å². The van der Waals surface area contributed by atoms with Crippen LogP contribution in [0.4, 0.5) is 21.5 Å². The van der Waals surface area contributed by atoms with Crippen molar-refractivity contribution in [2.45, 2.75) is 25.7 Å². The van der Waals surface area contributed by atoms with Crippen molar-refractivity contribution in [3.05, 3.63) is 71.5 Å². The van der Waals surface area contributed by atoms with Crippen LogP contribution in [0.3, 0.4) is 0 Å². The molecule has 4 aromatic rings. The van der Waals surface area contributed by atoms with Gasteiger partial charge in [0.2, 0.25) is 5.91 Å². The predicted octanol–water partition coefficient (Wildman–Crippen LogP) is 4.27. The molecule has 1 saturated heterocycles. The number of carbonyl (C=O) groups excluding carboxylic acids is 3. The minimum Gasteiger partial charge on any atom is -0.464 e. The summed E-state index contributed by atoms with van der Waals surface area (Å²) in [7, 11) is 0. The number of aromatic nitrogens is 2. The molecule has 2 aliphatic heterocycles. The van der Waals surface area contributed by atoms with E-state index in [1.807, 2.05) is 0 Å². The topological polar surface area (TPSA) is 112 Å². The summed E-state index contributed by atoms with van der Waals surface area (Å²) in [6, 6.07) is 11.5. The van der Waals surface area contributed by atoms with Gasteiger partial charge in [-0.15, -0.1) is 0 Å². The third-order valence-electron chi connectivity index (χ3n) is 6.69. The lowest BCUT2D eigenvalue weighted by Gasteiger charge is -2.29. The van der Waals surface area contributed by atoms with E-state index in [9.17, 15) is 14.4 Å². The number of halogens is 1. The second-order valence-electron chi connectivity index (χ2n) is 8.90. The molecule has 6 rings (SSSR count). The molecule has 2 N–H and O–H groups in total. The summed E-state index contributed by atoms with van der Waals surface area (Å²) < 4.78 is 20.4. The highest BCUT2D eigenvalue weighted by Crippen LogP contribution is 2.31. The minimum absolute atomic E-state index is 0.0277. The van der Waals surface area contributed by atoms with E-state index in [1.54, 1.807) is 41.5 Å². The highest BCUT2D eigenvalue weighted by molar-refractivity contribution is 6.11. The maximum absolute atomic E-state index is 15.1. The van der Waals surface area contributed by atoms with Gasteiger partial charge >= 0.3 is 0 Å². The van der Waals surface area contributed by atoms with Crippen LogP contribution in [0.5, 0.6) is 0 Å². The molecule has 36 heavy (non-hydrogen) atoms. The Kier molecular flexibility index (Phi) is 5.28. The molecule has 10 heteroatoms. The lowest BCUT2D eigenvalue weighted by atomic mass is 10.0. The molecule has 4 heterocycles. The highest BCUT2D eigenvalue weighted by atomic mass is 19.1. The van der Waals surface area contributed by atoms with Gasteiger partial charge in [-0.3, -0.25) is 19.5 Å². The third-order valence-corrected chi connectivity index (χ3v) is 6.69. The number of hydrogen-bond acceptors (Lipinski definition) is 5. The molecule has 0 radical (unpaired) electrons. The van der Waals surface area contributed by atoms with Gasteiger partial charge in [0.05, 0.1) is 12.0 Å². The fourth-order valence-electron chi connectivity index (χ4n) is 4.86. The highest BCUT2D eigenvalue weighted by Gasteiger charge is 2.33. The van der Waals surface area contributed by atoms with E-state index in [1.165, 1.54) is 17.0 Å². The largest absolute Gasteiger partial charge is 0.464 e. The van der Waals surface area contributed by atoms with Crippen LogP contribution in [-0.2, 0) is 11.2 Å². The quantitative estimate of drug-likeness (QED) is 0.447. The Labute approximate surface area is 204 Å². The van der Waals surface area contributed by atoms with E-state index in [-0.39, 0.29) is 29.5 Å². The Morgan fingerprint density at radius 2 is 1.92 bits per heavy atom. The number of aromatic amines is 1. The SMILES string of the molecule is O=C(Nc1ccc2occc2c1)c1n[nH]c2c1CCN(c1ccc(N3CCCCC3=O)cc1F)C2=O. The Hall–Kier alpha value is -4.47. The Balaban J connectivity index is 1.22. The standard InChI is InChI=1S/C26H22FN5O4/c27-19-14-17(31-10-2-1-3-22(31)33)5-6-20(19)32-11-8-18-23(29-30-24(18)26(32)35)25(34)28-16-4-7-21-15(13-16)9-12-36-21/h4-7,9,12-14H,1-3,8,10-11H2,(H,28,34)(H,29,30). The molecule has 1 fully saturated rings. The van der Waals surface area contributed by atoms with Crippen molar-refractivity contribution in [3.63, 3.8) is 0 Å². The van der Waals surface area contributed by atoms with Crippen LogP contribution in [0, 0.1) is 5.82 Å². The summed E-state index contributed by atoms with van der Waals surface area (Å²) >= 11 is 0. The summed E-state index contributed by atoms with van der Waals surface area (Å²) in [4.78, 5) is 41.2. The zero-order chi connectivity index (χ0) is 24.8. The monoisotopic (exact) mass is 487 g/mol. The van der Waals surface area contributed by atoms with E-state index in [2.05, 4.69) is 15.5 Å². The average molecular weight is 487 g/mol. The number of rotatable bonds is 4. The number of anilines is 3. The van der Waals surface area contributed by atoms with Crippen LogP contribution in [0.1, 0.15) is 45.8 Å². The Bertz CT molecular complexity index is 1520. The number of carbonyl (C=O) groups is 3. The van der Waals surface area contributed by atoms with Crippen molar-refractivity contribution in [1.29, 1.82) is 0 Å². The third kappa shape index (κ3) is 3.71. The van der Waals surface area contributed by atoms with Crippen molar-refractivity contribution in [2.75, 3.05) is 28.2 Å². The van der Waals surface area contributed by atoms with Gasteiger partial charge in [0, 0.05) is 41.8 Å². The first-order valence-corrected chi connectivity index (χ1v) is 11.8. The molecule has 0 aliphatic carbocycles. The van der Waals surface area contributed by atoms with Gasteiger partial charge in [0.25, 0.3) is 11.8 Å². The number of piperidine rings is 1. The molecule has 2 aromatic carbocycles. The summed E-state index contributed by atoms with van der Waals surface area (Å²) in [6.45, 7) is 0.740.